The maximum atomic E-state index is 8.76. The maximum Gasteiger partial charge on any atom is 0.246 e. The molecule has 4 nitrogen and oxygen atoms in total. The van der Waals surface area contributed by atoms with E-state index >= 15 is 0 Å². The third kappa shape index (κ3) is 3.41. The Morgan fingerprint density at radius 3 is 1.75 bits per heavy atom. The summed E-state index contributed by atoms with van der Waals surface area (Å²) in [5.74, 6) is -0.485. The summed E-state index contributed by atoms with van der Waals surface area (Å²) in [6.45, 7) is 6.23. The summed E-state index contributed by atoms with van der Waals surface area (Å²) < 4.78 is 9.75. The first-order valence-electron chi connectivity index (χ1n) is 3.54. The third-order valence-electron chi connectivity index (χ3n) is 1.31. The lowest BCUT2D eigenvalue weighted by atomic mass is 10.2. The second-order valence-corrected chi connectivity index (χ2v) is 2.10. The molecule has 12 heavy (non-hydrogen) atoms. The zero-order valence-electron chi connectivity index (χ0n) is 6.85. The number of aliphatic hydroxyl groups is 2. The minimum absolute atomic E-state index is 0.219. The van der Waals surface area contributed by atoms with Crippen LogP contribution in [0, 0.1) is 5.92 Å². The van der Waals surface area contributed by atoms with Gasteiger partial charge in [0.25, 0.3) is 0 Å². The quantitative estimate of drug-likeness (QED) is 0.428. The zero-order chi connectivity index (χ0) is 9.40. The molecule has 0 atom stereocenters. The number of hydrogen-bond donors (Lipinski definition) is 2. The van der Waals surface area contributed by atoms with Gasteiger partial charge in [0, 0.05) is 0 Å². The van der Waals surface area contributed by atoms with Crippen molar-refractivity contribution >= 4 is 0 Å². The molecule has 0 aliphatic heterocycles. The van der Waals surface area contributed by atoms with E-state index in [9.17, 15) is 0 Å². The topological polar surface area (TPSA) is 58.9 Å². The van der Waals surface area contributed by atoms with Crippen LogP contribution in [0.25, 0.3) is 0 Å². The summed E-state index contributed by atoms with van der Waals surface area (Å²) in [5.41, 5.74) is 0. The standard InChI is InChI=1S/C8H14O4/c1-3-11-8(12-4-2)7(5-9)6-10/h3-4,7-10H,1-2,5-6H2. The van der Waals surface area contributed by atoms with Crippen molar-refractivity contribution in [3.05, 3.63) is 25.7 Å². The first-order chi connectivity index (χ1) is 5.79. The van der Waals surface area contributed by atoms with Crippen LogP contribution in [0.1, 0.15) is 0 Å². The monoisotopic (exact) mass is 174 g/mol. The molecule has 0 aliphatic rings. The van der Waals surface area contributed by atoms with Gasteiger partial charge in [-0.1, -0.05) is 13.2 Å². The molecular weight excluding hydrogens is 160 g/mol. The molecule has 0 radical (unpaired) electrons. The molecule has 70 valence electrons. The highest BCUT2D eigenvalue weighted by molar-refractivity contribution is 4.66. The summed E-state index contributed by atoms with van der Waals surface area (Å²) >= 11 is 0. The Hall–Kier alpha value is -1.00. The molecule has 0 spiro atoms. The largest absolute Gasteiger partial charge is 0.463 e. The molecule has 0 rings (SSSR count). The van der Waals surface area contributed by atoms with Gasteiger partial charge in [0.05, 0.1) is 31.7 Å². The van der Waals surface area contributed by atoms with Crippen LogP contribution in [0.2, 0.25) is 0 Å². The average Bonchev–Trinajstić information content (AvgIpc) is 2.07. The summed E-state index contributed by atoms with van der Waals surface area (Å²) in [5, 5.41) is 17.5. The molecule has 0 amide bonds. The fraction of sp³-hybridized carbons (Fsp3) is 0.500. The lowest BCUT2D eigenvalue weighted by Gasteiger charge is -2.21. The van der Waals surface area contributed by atoms with Gasteiger partial charge in [0.2, 0.25) is 6.29 Å². The van der Waals surface area contributed by atoms with E-state index in [1.165, 1.54) is 12.5 Å². The van der Waals surface area contributed by atoms with Crippen LogP contribution in [0.4, 0.5) is 0 Å². The van der Waals surface area contributed by atoms with Crippen molar-refractivity contribution in [3.8, 4) is 0 Å². The molecule has 0 unspecified atom stereocenters. The number of rotatable bonds is 7. The van der Waals surface area contributed by atoms with E-state index in [-0.39, 0.29) is 13.2 Å². The molecular formula is C8H14O4. The SMILES string of the molecule is C=COC(OC=C)C(CO)CO. The molecule has 2 N–H and O–H groups in total. The van der Waals surface area contributed by atoms with Gasteiger partial charge in [0.1, 0.15) is 0 Å². The summed E-state index contributed by atoms with van der Waals surface area (Å²) in [6.07, 6.45) is 1.65. The second kappa shape index (κ2) is 6.69. The van der Waals surface area contributed by atoms with Crippen molar-refractivity contribution < 1.29 is 19.7 Å². The highest BCUT2D eigenvalue weighted by Crippen LogP contribution is 2.09. The molecule has 0 aromatic carbocycles. The lowest BCUT2D eigenvalue weighted by molar-refractivity contribution is -0.122. The van der Waals surface area contributed by atoms with E-state index in [2.05, 4.69) is 13.2 Å². The third-order valence-corrected chi connectivity index (χ3v) is 1.31. The van der Waals surface area contributed by atoms with E-state index < -0.39 is 12.2 Å². The van der Waals surface area contributed by atoms with Crippen LogP contribution in [0.5, 0.6) is 0 Å². The first-order valence-corrected chi connectivity index (χ1v) is 3.54. The number of ether oxygens (including phenoxy) is 2. The van der Waals surface area contributed by atoms with Crippen LogP contribution < -0.4 is 0 Å². The van der Waals surface area contributed by atoms with E-state index in [1.807, 2.05) is 0 Å². The van der Waals surface area contributed by atoms with Crippen molar-refractivity contribution in [1.29, 1.82) is 0 Å². The summed E-state index contributed by atoms with van der Waals surface area (Å²) in [6, 6.07) is 0. The number of aliphatic hydroxyl groups excluding tert-OH is 2. The Morgan fingerprint density at radius 1 is 1.08 bits per heavy atom. The van der Waals surface area contributed by atoms with E-state index in [4.69, 9.17) is 19.7 Å². The second-order valence-electron chi connectivity index (χ2n) is 2.10. The molecule has 0 aromatic heterocycles. The zero-order valence-corrected chi connectivity index (χ0v) is 6.85. The Labute approximate surface area is 71.7 Å². The molecule has 0 bridgehead atoms. The van der Waals surface area contributed by atoms with E-state index in [0.717, 1.165) is 0 Å². The van der Waals surface area contributed by atoms with Gasteiger partial charge < -0.3 is 19.7 Å². The van der Waals surface area contributed by atoms with Gasteiger partial charge >= 0.3 is 0 Å². The molecule has 0 heterocycles. The maximum absolute atomic E-state index is 8.76. The Kier molecular flexibility index (Phi) is 6.14. The van der Waals surface area contributed by atoms with Gasteiger partial charge in [-0.05, 0) is 0 Å². The molecule has 0 aliphatic carbocycles. The van der Waals surface area contributed by atoms with Crippen molar-refractivity contribution in [2.24, 2.45) is 5.92 Å². The highest BCUT2D eigenvalue weighted by Gasteiger charge is 2.20. The molecule has 0 saturated heterocycles. The van der Waals surface area contributed by atoms with Crippen molar-refractivity contribution in [2.75, 3.05) is 13.2 Å². The van der Waals surface area contributed by atoms with Crippen LogP contribution in [-0.2, 0) is 9.47 Å². The Balaban J connectivity index is 4.02. The summed E-state index contributed by atoms with van der Waals surface area (Å²) in [4.78, 5) is 0. The van der Waals surface area contributed by atoms with Crippen LogP contribution in [0.15, 0.2) is 25.7 Å². The van der Waals surface area contributed by atoms with Gasteiger partial charge in [-0.2, -0.15) is 0 Å². The molecule has 4 heteroatoms. The molecule has 0 saturated carbocycles. The van der Waals surface area contributed by atoms with Crippen LogP contribution in [0.3, 0.4) is 0 Å². The minimum Gasteiger partial charge on any atom is -0.463 e. The van der Waals surface area contributed by atoms with Gasteiger partial charge in [0.15, 0.2) is 0 Å². The minimum atomic E-state index is -0.727. The van der Waals surface area contributed by atoms with E-state index in [0.29, 0.717) is 0 Å². The molecule has 0 aromatic rings. The fourth-order valence-electron chi connectivity index (χ4n) is 0.674. The Morgan fingerprint density at radius 2 is 1.50 bits per heavy atom. The van der Waals surface area contributed by atoms with Crippen LogP contribution in [-0.4, -0.2) is 29.7 Å². The predicted molar refractivity (Wildman–Crippen MR) is 44.0 cm³/mol. The van der Waals surface area contributed by atoms with Gasteiger partial charge in [-0.15, -0.1) is 0 Å². The van der Waals surface area contributed by atoms with Gasteiger partial charge in [-0.25, -0.2) is 0 Å². The smallest absolute Gasteiger partial charge is 0.246 e. The fourth-order valence-corrected chi connectivity index (χ4v) is 0.674. The predicted octanol–water partition coefficient (Wildman–Crippen LogP) is 0.233. The number of hydrogen-bond acceptors (Lipinski definition) is 4. The van der Waals surface area contributed by atoms with Crippen molar-refractivity contribution in [3.63, 3.8) is 0 Å². The van der Waals surface area contributed by atoms with Gasteiger partial charge in [-0.3, -0.25) is 0 Å². The average molecular weight is 174 g/mol. The van der Waals surface area contributed by atoms with Crippen LogP contribution >= 0.6 is 0 Å². The first kappa shape index (κ1) is 11.0. The van der Waals surface area contributed by atoms with Crippen molar-refractivity contribution in [1.82, 2.24) is 0 Å². The summed E-state index contributed by atoms with van der Waals surface area (Å²) in [7, 11) is 0. The van der Waals surface area contributed by atoms with E-state index in [1.54, 1.807) is 0 Å². The molecule has 0 fully saturated rings. The highest BCUT2D eigenvalue weighted by atomic mass is 16.7. The normalized spacial score (nSPS) is 10.0. The Bertz CT molecular complexity index is 121. The van der Waals surface area contributed by atoms with Crippen molar-refractivity contribution in [2.45, 2.75) is 6.29 Å². The lowest BCUT2D eigenvalue weighted by Crippen LogP contribution is -2.29.